The summed E-state index contributed by atoms with van der Waals surface area (Å²) in [7, 11) is 0. The van der Waals surface area contributed by atoms with Gasteiger partial charge in [-0.1, -0.05) is 12.1 Å². The van der Waals surface area contributed by atoms with Crippen LogP contribution in [0.1, 0.15) is 18.1 Å². The lowest BCUT2D eigenvalue weighted by molar-refractivity contribution is -0.137. The smallest absolute Gasteiger partial charge is 0.320 e. The zero-order valence-electron chi connectivity index (χ0n) is 17.5. The number of carbonyl (C=O) groups excluding carboxylic acids is 2. The highest BCUT2D eigenvalue weighted by Gasteiger charge is 2.36. The number of aromatic amines is 1. The van der Waals surface area contributed by atoms with Crippen LogP contribution in [0.15, 0.2) is 30.5 Å². The molecule has 2 N–H and O–H groups in total. The maximum absolute atomic E-state index is 13.6. The highest BCUT2D eigenvalue weighted by molar-refractivity contribution is 5.88. The second-order valence-electron chi connectivity index (χ2n) is 7.46. The molecule has 2 aromatic heterocycles. The third kappa shape index (κ3) is 5.00. The first-order valence-electron chi connectivity index (χ1n) is 10.0. The lowest BCUT2D eigenvalue weighted by Crippen LogP contribution is -2.49. The fraction of sp³-hybridized carbons (Fsp3) is 0.368. The predicted molar refractivity (Wildman–Crippen MR) is 109 cm³/mol. The molecule has 0 unspecified atom stereocenters. The molecule has 0 spiro atoms. The standard InChI is InChI=1S/C19H20F3N9O2/c1-12(32)23-15-5-6-31(26-15)18(33)30-9-7-29(8-10-30)11-13-3-2-4-14(19(20,21)22)16(13)17-24-27-28-25-17/h2-6H,7-11H2,1H3,(H,23,26,32)(H,24,25,27,28). The summed E-state index contributed by atoms with van der Waals surface area (Å²) in [6.45, 7) is 3.22. The molecule has 4 rings (SSSR count). The summed E-state index contributed by atoms with van der Waals surface area (Å²) in [5.74, 6) is -0.0785. The van der Waals surface area contributed by atoms with E-state index in [4.69, 9.17) is 0 Å². The van der Waals surface area contributed by atoms with Gasteiger partial charge in [0.25, 0.3) is 0 Å². The van der Waals surface area contributed by atoms with Gasteiger partial charge in [-0.15, -0.1) is 10.2 Å². The number of hydrogen-bond donors (Lipinski definition) is 2. The molecule has 33 heavy (non-hydrogen) atoms. The number of carbonyl (C=O) groups is 2. The minimum atomic E-state index is -4.57. The molecule has 0 aliphatic carbocycles. The molecule has 2 amide bonds. The van der Waals surface area contributed by atoms with Crippen LogP contribution in [0.25, 0.3) is 11.4 Å². The summed E-state index contributed by atoms with van der Waals surface area (Å²) in [6.07, 6.45) is -3.11. The molecule has 1 saturated heterocycles. The molecule has 0 bridgehead atoms. The van der Waals surface area contributed by atoms with Crippen LogP contribution in [0, 0.1) is 0 Å². The number of alkyl halides is 3. The van der Waals surface area contributed by atoms with Gasteiger partial charge in [-0.25, -0.2) is 9.89 Å². The highest BCUT2D eigenvalue weighted by atomic mass is 19.4. The number of H-pyrrole nitrogens is 1. The molecule has 11 nitrogen and oxygen atoms in total. The minimum absolute atomic E-state index is 0.0552. The van der Waals surface area contributed by atoms with Crippen molar-refractivity contribution >= 4 is 17.8 Å². The molecule has 1 fully saturated rings. The van der Waals surface area contributed by atoms with E-state index in [1.54, 1.807) is 11.0 Å². The molecule has 14 heteroatoms. The first-order valence-corrected chi connectivity index (χ1v) is 10.0. The van der Waals surface area contributed by atoms with E-state index in [1.807, 2.05) is 4.90 Å². The number of piperazine rings is 1. The van der Waals surface area contributed by atoms with Gasteiger partial charge in [0.1, 0.15) is 0 Å². The van der Waals surface area contributed by atoms with Crippen LogP contribution in [0.5, 0.6) is 0 Å². The van der Waals surface area contributed by atoms with Crippen LogP contribution in [0.3, 0.4) is 0 Å². The van der Waals surface area contributed by atoms with Crippen LogP contribution >= 0.6 is 0 Å². The number of nitrogens with one attached hydrogen (secondary N) is 2. The molecular weight excluding hydrogens is 443 g/mol. The van der Waals surface area contributed by atoms with Crippen molar-refractivity contribution in [2.75, 3.05) is 31.5 Å². The highest BCUT2D eigenvalue weighted by Crippen LogP contribution is 2.38. The Bertz CT molecular complexity index is 1140. The Hall–Kier alpha value is -3.81. The molecule has 1 aliphatic heterocycles. The largest absolute Gasteiger partial charge is 0.417 e. The second kappa shape index (κ2) is 8.97. The van der Waals surface area contributed by atoms with Gasteiger partial charge in [0, 0.05) is 57.5 Å². The van der Waals surface area contributed by atoms with Crippen molar-refractivity contribution < 1.29 is 22.8 Å². The zero-order valence-corrected chi connectivity index (χ0v) is 17.5. The number of benzene rings is 1. The number of aromatic nitrogens is 6. The van der Waals surface area contributed by atoms with E-state index >= 15 is 0 Å². The monoisotopic (exact) mass is 463 g/mol. The van der Waals surface area contributed by atoms with Gasteiger partial charge in [-0.3, -0.25) is 9.69 Å². The quantitative estimate of drug-likeness (QED) is 0.605. The summed E-state index contributed by atoms with van der Waals surface area (Å²) >= 11 is 0. The third-order valence-electron chi connectivity index (χ3n) is 5.16. The van der Waals surface area contributed by atoms with Crippen molar-refractivity contribution in [3.63, 3.8) is 0 Å². The molecular formula is C19H20F3N9O2. The van der Waals surface area contributed by atoms with E-state index in [2.05, 4.69) is 31.0 Å². The number of halogens is 3. The van der Waals surface area contributed by atoms with Crippen LogP contribution in [-0.2, 0) is 17.5 Å². The molecule has 0 saturated carbocycles. The third-order valence-corrected chi connectivity index (χ3v) is 5.16. The van der Waals surface area contributed by atoms with E-state index < -0.39 is 11.7 Å². The molecule has 0 radical (unpaired) electrons. The van der Waals surface area contributed by atoms with Crippen molar-refractivity contribution in [1.29, 1.82) is 0 Å². The maximum atomic E-state index is 13.6. The van der Waals surface area contributed by atoms with Crippen molar-refractivity contribution in [2.45, 2.75) is 19.6 Å². The minimum Gasteiger partial charge on any atom is -0.320 e. The average molecular weight is 463 g/mol. The van der Waals surface area contributed by atoms with Crippen LogP contribution in [0.4, 0.5) is 23.8 Å². The maximum Gasteiger partial charge on any atom is 0.417 e. The Morgan fingerprint density at radius 3 is 2.55 bits per heavy atom. The lowest BCUT2D eigenvalue weighted by Gasteiger charge is -2.34. The fourth-order valence-corrected chi connectivity index (χ4v) is 3.67. The number of hydrogen-bond acceptors (Lipinski definition) is 7. The SMILES string of the molecule is CC(=O)Nc1ccn(C(=O)N2CCN(Cc3cccc(C(F)(F)F)c3-c3nnn[nH]3)CC2)n1. The van der Waals surface area contributed by atoms with Gasteiger partial charge in [-0.05, 0) is 22.1 Å². The Morgan fingerprint density at radius 1 is 1.15 bits per heavy atom. The van der Waals surface area contributed by atoms with E-state index in [1.165, 1.54) is 25.3 Å². The number of tetrazole rings is 1. The summed E-state index contributed by atoms with van der Waals surface area (Å²) in [4.78, 5) is 27.3. The molecule has 174 valence electrons. The van der Waals surface area contributed by atoms with Crippen molar-refractivity contribution in [2.24, 2.45) is 0 Å². The molecule has 1 aliphatic rings. The van der Waals surface area contributed by atoms with Gasteiger partial charge < -0.3 is 10.2 Å². The van der Waals surface area contributed by atoms with E-state index in [0.717, 1.165) is 10.7 Å². The molecule has 1 aromatic carbocycles. The Kier molecular flexibility index (Phi) is 6.09. The fourth-order valence-electron chi connectivity index (χ4n) is 3.67. The molecule has 3 heterocycles. The summed E-state index contributed by atoms with van der Waals surface area (Å²) in [6, 6.07) is 5.13. The van der Waals surface area contributed by atoms with Gasteiger partial charge >= 0.3 is 12.2 Å². The van der Waals surface area contributed by atoms with Crippen LogP contribution in [-0.4, -0.2) is 78.3 Å². The van der Waals surface area contributed by atoms with E-state index in [0.29, 0.717) is 31.7 Å². The topological polar surface area (TPSA) is 125 Å². The first-order chi connectivity index (χ1) is 15.7. The summed E-state index contributed by atoms with van der Waals surface area (Å²) in [5.41, 5.74) is -0.480. The Balaban J connectivity index is 1.45. The Morgan fingerprint density at radius 2 is 1.91 bits per heavy atom. The van der Waals surface area contributed by atoms with Crippen LogP contribution < -0.4 is 5.32 Å². The second-order valence-corrected chi connectivity index (χ2v) is 7.46. The normalized spacial score (nSPS) is 15.0. The van der Waals surface area contributed by atoms with E-state index in [9.17, 15) is 22.8 Å². The predicted octanol–water partition coefficient (Wildman–Crippen LogP) is 1.83. The van der Waals surface area contributed by atoms with Gasteiger partial charge in [0.05, 0.1) is 5.56 Å². The van der Waals surface area contributed by atoms with Crippen molar-refractivity contribution in [3.05, 3.63) is 41.6 Å². The average Bonchev–Trinajstić information content (AvgIpc) is 3.45. The number of amides is 2. The van der Waals surface area contributed by atoms with E-state index in [-0.39, 0.29) is 35.7 Å². The molecule has 3 aromatic rings. The van der Waals surface area contributed by atoms with Crippen molar-refractivity contribution in [1.82, 2.24) is 40.2 Å². The Labute approximate surface area is 185 Å². The van der Waals surface area contributed by atoms with Gasteiger partial charge in [-0.2, -0.15) is 17.9 Å². The number of anilines is 1. The first kappa shape index (κ1) is 22.4. The van der Waals surface area contributed by atoms with Crippen LogP contribution in [0.2, 0.25) is 0 Å². The van der Waals surface area contributed by atoms with Gasteiger partial charge in [0.2, 0.25) is 5.91 Å². The number of nitrogens with zero attached hydrogens (tertiary/aromatic N) is 7. The lowest BCUT2D eigenvalue weighted by atomic mass is 9.99. The summed E-state index contributed by atoms with van der Waals surface area (Å²) in [5, 5.41) is 19.5. The summed E-state index contributed by atoms with van der Waals surface area (Å²) < 4.78 is 41.9. The van der Waals surface area contributed by atoms with Gasteiger partial charge in [0.15, 0.2) is 11.6 Å². The number of rotatable bonds is 4. The molecule has 0 atom stereocenters. The zero-order chi connectivity index (χ0) is 23.6. The van der Waals surface area contributed by atoms with Crippen molar-refractivity contribution in [3.8, 4) is 11.4 Å².